The lowest BCUT2D eigenvalue weighted by molar-refractivity contribution is -0.117. The van der Waals surface area contributed by atoms with Crippen molar-refractivity contribution in [2.24, 2.45) is 7.05 Å². The minimum Gasteiger partial charge on any atom is -0.339 e. The van der Waals surface area contributed by atoms with Crippen LogP contribution in [-0.2, 0) is 21.9 Å². The van der Waals surface area contributed by atoms with Crippen molar-refractivity contribution in [1.82, 2.24) is 14.9 Å². The van der Waals surface area contributed by atoms with E-state index in [0.29, 0.717) is 30.0 Å². The van der Waals surface area contributed by atoms with Crippen LogP contribution in [0.4, 0.5) is 10.1 Å². The first kappa shape index (κ1) is 21.8. The number of imidazole rings is 1. The van der Waals surface area contributed by atoms with Crippen molar-refractivity contribution in [2.75, 3.05) is 16.6 Å². The predicted octanol–water partition coefficient (Wildman–Crippen LogP) is 3.02. The third-order valence-corrected chi connectivity index (χ3v) is 7.16. The second-order valence-electron chi connectivity index (χ2n) is 7.56. The number of nitrogens with one attached hydrogen (secondary N) is 1. The van der Waals surface area contributed by atoms with Crippen LogP contribution in [0.3, 0.4) is 0 Å². The number of hydrogen-bond acceptors (Lipinski definition) is 4. The van der Waals surface area contributed by atoms with E-state index in [1.165, 1.54) is 22.5 Å². The number of aryl methyl sites for hydroxylation is 1. The molecule has 32 heavy (non-hydrogen) atoms. The molecule has 1 aliphatic heterocycles. The summed E-state index contributed by atoms with van der Waals surface area (Å²) >= 11 is 0. The summed E-state index contributed by atoms with van der Waals surface area (Å²) in [4.78, 5) is 16.9. The molecule has 9 heteroatoms. The molecule has 0 bridgehead atoms. The van der Waals surface area contributed by atoms with Gasteiger partial charge in [-0.25, -0.2) is 17.8 Å². The number of benzene rings is 2. The lowest BCUT2D eigenvalue weighted by Crippen LogP contribution is -2.29. The van der Waals surface area contributed by atoms with E-state index in [0.717, 1.165) is 5.56 Å². The summed E-state index contributed by atoms with van der Waals surface area (Å²) in [5, 5.41) is 2.88. The molecule has 0 spiro atoms. The van der Waals surface area contributed by atoms with Gasteiger partial charge in [0.15, 0.2) is 0 Å². The molecule has 166 valence electrons. The summed E-state index contributed by atoms with van der Waals surface area (Å²) < 4.78 is 41.1. The third-order valence-electron chi connectivity index (χ3n) is 5.29. The Kier molecular flexibility index (Phi) is 6.09. The summed E-state index contributed by atoms with van der Waals surface area (Å²) in [5.74, 6) is -0.0225. The number of anilines is 1. The smallest absolute Gasteiger partial charge is 0.244 e. The highest BCUT2D eigenvalue weighted by atomic mass is 32.2. The highest BCUT2D eigenvalue weighted by molar-refractivity contribution is 7.93. The largest absolute Gasteiger partial charge is 0.339 e. The maximum Gasteiger partial charge on any atom is 0.244 e. The molecule has 1 atom stereocenters. The van der Waals surface area contributed by atoms with Crippen LogP contribution in [0.5, 0.6) is 0 Å². The van der Waals surface area contributed by atoms with Crippen molar-refractivity contribution in [3.63, 3.8) is 0 Å². The maximum absolute atomic E-state index is 13.8. The monoisotopic (exact) mass is 454 g/mol. The van der Waals surface area contributed by atoms with E-state index in [1.54, 1.807) is 66.5 Å². The van der Waals surface area contributed by atoms with E-state index in [1.807, 2.05) is 0 Å². The first-order chi connectivity index (χ1) is 15.3. The quantitative estimate of drug-likeness (QED) is 0.581. The van der Waals surface area contributed by atoms with Gasteiger partial charge in [0.2, 0.25) is 15.9 Å². The molecule has 0 radical (unpaired) electrons. The molecule has 7 nitrogen and oxygen atoms in total. The van der Waals surface area contributed by atoms with Gasteiger partial charge in [-0.1, -0.05) is 24.3 Å². The molecule has 1 aromatic heterocycles. The van der Waals surface area contributed by atoms with Gasteiger partial charge in [-0.2, -0.15) is 0 Å². The van der Waals surface area contributed by atoms with E-state index >= 15 is 0 Å². The number of amides is 1. The van der Waals surface area contributed by atoms with Crippen LogP contribution in [0.1, 0.15) is 29.4 Å². The molecule has 2 aromatic carbocycles. The molecule has 2 heterocycles. The Hall–Kier alpha value is -3.46. The first-order valence-corrected chi connectivity index (χ1v) is 11.8. The Morgan fingerprint density at radius 1 is 1.22 bits per heavy atom. The van der Waals surface area contributed by atoms with Crippen LogP contribution in [0.15, 0.2) is 67.0 Å². The number of aromatic nitrogens is 2. The van der Waals surface area contributed by atoms with Gasteiger partial charge in [-0.15, -0.1) is 0 Å². The summed E-state index contributed by atoms with van der Waals surface area (Å²) in [6.45, 7) is 0.481. The molecule has 3 aromatic rings. The van der Waals surface area contributed by atoms with Crippen LogP contribution in [0.2, 0.25) is 0 Å². The predicted molar refractivity (Wildman–Crippen MR) is 121 cm³/mol. The summed E-state index contributed by atoms with van der Waals surface area (Å²) in [6, 6.07) is 12.4. The summed E-state index contributed by atoms with van der Waals surface area (Å²) in [7, 11) is -1.43. The molecule has 1 aliphatic rings. The molecule has 1 fully saturated rings. The topological polar surface area (TPSA) is 84.3 Å². The Morgan fingerprint density at radius 2 is 2.00 bits per heavy atom. The molecule has 0 saturated carbocycles. The van der Waals surface area contributed by atoms with Crippen molar-refractivity contribution >= 4 is 27.7 Å². The number of sulfonamides is 1. The molecule has 1 N–H and O–H groups in total. The fourth-order valence-corrected chi connectivity index (χ4v) is 5.25. The fourth-order valence-electron chi connectivity index (χ4n) is 3.68. The Bertz CT molecular complexity index is 1250. The zero-order chi connectivity index (χ0) is 22.7. The summed E-state index contributed by atoms with van der Waals surface area (Å²) in [5.41, 5.74) is 1.95. The highest BCUT2D eigenvalue weighted by Crippen LogP contribution is 2.25. The molecule has 1 amide bonds. The average Bonchev–Trinajstić information content (AvgIpc) is 3.35. The van der Waals surface area contributed by atoms with Crippen LogP contribution < -0.4 is 9.62 Å². The van der Waals surface area contributed by atoms with Crippen LogP contribution in [0.25, 0.3) is 6.08 Å². The lowest BCUT2D eigenvalue weighted by atomic mass is 10.1. The Balaban J connectivity index is 1.49. The lowest BCUT2D eigenvalue weighted by Gasteiger charge is -2.18. The van der Waals surface area contributed by atoms with Gasteiger partial charge in [0.25, 0.3) is 0 Å². The highest BCUT2D eigenvalue weighted by Gasteiger charge is 2.28. The van der Waals surface area contributed by atoms with Crippen LogP contribution >= 0.6 is 0 Å². The Labute approximate surface area is 186 Å². The van der Waals surface area contributed by atoms with Gasteiger partial charge in [-0.3, -0.25) is 9.10 Å². The first-order valence-electron chi connectivity index (χ1n) is 10.2. The number of hydrogen-bond donors (Lipinski definition) is 1. The van der Waals surface area contributed by atoms with Gasteiger partial charge in [0, 0.05) is 32.1 Å². The SMILES string of the molecule is Cn1ccnc1C(NC(=O)/C=C/c1ccc(N2CCCS2(=O)=O)cc1)c1cccc(F)c1. The van der Waals surface area contributed by atoms with Gasteiger partial charge < -0.3 is 9.88 Å². The second kappa shape index (κ2) is 8.96. The van der Waals surface area contributed by atoms with E-state index in [4.69, 9.17) is 0 Å². The minimum atomic E-state index is -3.23. The standard InChI is InChI=1S/C23H23FN4O3S/c1-27-14-12-25-23(27)22(18-4-2-5-19(24)16-18)26-21(29)11-8-17-6-9-20(10-7-17)28-13-3-15-32(28,30)31/h2,4-12,14,16,22H,3,13,15H2,1H3,(H,26,29)/b11-8+. The number of nitrogens with zero attached hydrogens (tertiary/aromatic N) is 3. The van der Waals surface area contributed by atoms with Crippen LogP contribution in [-0.4, -0.2) is 36.2 Å². The molecular formula is C23H23FN4O3S. The summed E-state index contributed by atoms with van der Waals surface area (Å²) in [6.07, 6.45) is 7.01. The van der Waals surface area contributed by atoms with E-state index < -0.39 is 21.9 Å². The number of carbonyl (C=O) groups excluding carboxylic acids is 1. The molecular weight excluding hydrogens is 431 g/mol. The molecule has 4 rings (SSSR count). The maximum atomic E-state index is 13.8. The van der Waals surface area contributed by atoms with Gasteiger partial charge in [0.1, 0.15) is 17.7 Å². The van der Waals surface area contributed by atoms with E-state index in [2.05, 4.69) is 10.3 Å². The Morgan fingerprint density at radius 3 is 2.62 bits per heavy atom. The average molecular weight is 455 g/mol. The van der Waals surface area contributed by atoms with Crippen molar-refractivity contribution < 1.29 is 17.6 Å². The van der Waals surface area contributed by atoms with E-state index in [9.17, 15) is 17.6 Å². The van der Waals surface area contributed by atoms with Crippen molar-refractivity contribution in [3.05, 3.63) is 89.8 Å². The zero-order valence-electron chi connectivity index (χ0n) is 17.5. The van der Waals surface area contributed by atoms with Crippen molar-refractivity contribution in [3.8, 4) is 0 Å². The molecule has 1 saturated heterocycles. The molecule has 1 unspecified atom stereocenters. The second-order valence-corrected chi connectivity index (χ2v) is 9.57. The fraction of sp³-hybridized carbons (Fsp3) is 0.217. The van der Waals surface area contributed by atoms with Gasteiger partial charge in [-0.05, 0) is 47.9 Å². The van der Waals surface area contributed by atoms with Gasteiger partial charge in [0.05, 0.1) is 11.4 Å². The third kappa shape index (κ3) is 4.72. The van der Waals surface area contributed by atoms with E-state index in [-0.39, 0.29) is 11.7 Å². The van der Waals surface area contributed by atoms with Crippen LogP contribution in [0, 0.1) is 5.82 Å². The number of halogens is 1. The van der Waals surface area contributed by atoms with Crippen molar-refractivity contribution in [1.29, 1.82) is 0 Å². The number of rotatable bonds is 6. The molecule has 0 aliphatic carbocycles. The zero-order valence-corrected chi connectivity index (χ0v) is 18.3. The normalized spacial score (nSPS) is 16.4. The number of carbonyl (C=O) groups is 1. The minimum absolute atomic E-state index is 0.164. The van der Waals surface area contributed by atoms with Gasteiger partial charge >= 0.3 is 0 Å². The van der Waals surface area contributed by atoms with Crippen molar-refractivity contribution in [2.45, 2.75) is 12.5 Å².